The summed E-state index contributed by atoms with van der Waals surface area (Å²) in [5.41, 5.74) is 0.793. The van der Waals surface area contributed by atoms with E-state index >= 15 is 0 Å². The number of methoxy groups -OCH3 is 1. The highest BCUT2D eigenvalue weighted by molar-refractivity contribution is 7.89. The number of sulfonamides is 1. The number of aryl methyl sites for hydroxylation is 1. The molecule has 0 spiro atoms. The highest BCUT2D eigenvalue weighted by Gasteiger charge is 2.43. The molecule has 0 N–H and O–H groups in total. The molecule has 2 heterocycles. The molecule has 0 aromatic heterocycles. The minimum Gasteiger partial charge on any atom is -0.496 e. The van der Waals surface area contributed by atoms with Gasteiger partial charge in [-0.05, 0) is 86.4 Å². The summed E-state index contributed by atoms with van der Waals surface area (Å²) in [5.74, 6) is 1.41. The van der Waals surface area contributed by atoms with Gasteiger partial charge in [-0.15, -0.1) is 0 Å². The second kappa shape index (κ2) is 12.3. The van der Waals surface area contributed by atoms with Crippen LogP contribution in [0.1, 0.15) is 70.4 Å². The van der Waals surface area contributed by atoms with Gasteiger partial charge in [-0.25, -0.2) is 8.42 Å². The number of hydrogen-bond donors (Lipinski definition) is 0. The minimum absolute atomic E-state index is 0.0781. The van der Waals surface area contributed by atoms with Crippen LogP contribution in [0.5, 0.6) is 11.5 Å². The molecule has 1 atom stereocenters. The average molecular weight is 591 g/mol. The van der Waals surface area contributed by atoms with Crippen molar-refractivity contribution in [3.8, 4) is 11.5 Å². The first-order valence-electron chi connectivity index (χ1n) is 14.2. The molecular weight excluding hydrogens is 548 g/mol. The van der Waals surface area contributed by atoms with Crippen LogP contribution in [0.15, 0.2) is 41.3 Å². The van der Waals surface area contributed by atoms with E-state index in [1.165, 1.54) is 0 Å². The molecule has 2 saturated heterocycles. The Morgan fingerprint density at radius 3 is 2.40 bits per heavy atom. The van der Waals surface area contributed by atoms with Crippen LogP contribution in [0.4, 0.5) is 0 Å². The van der Waals surface area contributed by atoms with E-state index in [2.05, 4.69) is 0 Å². The van der Waals surface area contributed by atoms with Crippen LogP contribution in [-0.2, 0) is 20.2 Å². The number of hydrogen-bond acceptors (Lipinski definition) is 5. The second-order valence-electron chi connectivity index (χ2n) is 12.4. The highest BCUT2D eigenvalue weighted by Crippen LogP contribution is 2.39. The number of amides is 1. The van der Waals surface area contributed by atoms with Gasteiger partial charge >= 0.3 is 0 Å². The first kappa shape index (κ1) is 30.7. The number of benzene rings is 2. The van der Waals surface area contributed by atoms with Crippen molar-refractivity contribution in [3.05, 3.63) is 52.5 Å². The van der Waals surface area contributed by atoms with E-state index in [1.54, 1.807) is 35.7 Å². The Kier molecular flexibility index (Phi) is 9.42. The Labute approximate surface area is 244 Å². The summed E-state index contributed by atoms with van der Waals surface area (Å²) in [7, 11) is -2.22. The van der Waals surface area contributed by atoms with Gasteiger partial charge in [0.15, 0.2) is 0 Å². The Morgan fingerprint density at radius 2 is 1.75 bits per heavy atom. The molecule has 9 heteroatoms. The van der Waals surface area contributed by atoms with Gasteiger partial charge in [0.25, 0.3) is 0 Å². The van der Waals surface area contributed by atoms with Crippen LogP contribution < -0.4 is 9.47 Å². The van der Waals surface area contributed by atoms with Gasteiger partial charge in [-0.3, -0.25) is 4.79 Å². The molecule has 0 unspecified atom stereocenters. The molecule has 2 aromatic rings. The summed E-state index contributed by atoms with van der Waals surface area (Å²) in [6, 6.07) is 10.6. The number of rotatable bonds is 8. The Balaban J connectivity index is 1.63. The van der Waals surface area contributed by atoms with Crippen molar-refractivity contribution in [2.24, 2.45) is 5.41 Å². The number of carbonyl (C=O) groups excluding carboxylic acids is 1. The van der Waals surface area contributed by atoms with Crippen LogP contribution in [0, 0.1) is 12.3 Å². The summed E-state index contributed by atoms with van der Waals surface area (Å²) in [4.78, 5) is 15.7. The second-order valence-corrected chi connectivity index (χ2v) is 14.7. The number of ether oxygens (including phenoxy) is 2. The Hall–Kier alpha value is -2.29. The smallest absolute Gasteiger partial charge is 0.243 e. The Morgan fingerprint density at radius 1 is 1.02 bits per heavy atom. The fourth-order valence-corrected chi connectivity index (χ4v) is 7.52. The van der Waals surface area contributed by atoms with Gasteiger partial charge in [0.2, 0.25) is 15.9 Å². The molecule has 0 radical (unpaired) electrons. The molecule has 1 amide bonds. The molecule has 2 aliphatic heterocycles. The lowest BCUT2D eigenvalue weighted by Crippen LogP contribution is -2.51. The Bertz CT molecular complexity index is 1320. The normalized spacial score (nSPS) is 20.8. The largest absolute Gasteiger partial charge is 0.496 e. The standard InChI is InChI=1S/C31H43ClN2O5S/c1-23-18-24(10-12-27(23)32)39-22-31(20-29(35)33-15-7-6-8-16-33)14-9-17-34(21-31)40(36,37)25-11-13-28(38-5)26(19-25)30(2,3)4/h10-13,18-19H,6-9,14-17,20-22H2,1-5H3/t31-/m1/s1. The van der Waals surface area contributed by atoms with Gasteiger partial charge in [-0.1, -0.05) is 32.4 Å². The SMILES string of the molecule is COc1ccc(S(=O)(=O)N2CCC[C@@](COc3ccc(Cl)c(C)c3)(CC(=O)N3CCCCC3)C2)cc1C(C)(C)C. The zero-order valence-electron chi connectivity index (χ0n) is 24.5. The zero-order valence-corrected chi connectivity index (χ0v) is 26.0. The van der Waals surface area contributed by atoms with Gasteiger partial charge in [-0.2, -0.15) is 4.31 Å². The van der Waals surface area contributed by atoms with Crippen molar-refractivity contribution in [2.45, 2.75) is 76.5 Å². The van der Waals surface area contributed by atoms with Crippen LogP contribution in [0.2, 0.25) is 5.02 Å². The summed E-state index contributed by atoms with van der Waals surface area (Å²) in [5, 5.41) is 0.659. The monoisotopic (exact) mass is 590 g/mol. The third-order valence-electron chi connectivity index (χ3n) is 8.15. The topological polar surface area (TPSA) is 76.1 Å². The fourth-order valence-electron chi connectivity index (χ4n) is 5.78. The maximum Gasteiger partial charge on any atom is 0.243 e. The maximum absolute atomic E-state index is 14.0. The van der Waals surface area contributed by atoms with E-state index in [9.17, 15) is 13.2 Å². The lowest BCUT2D eigenvalue weighted by atomic mass is 9.78. The molecule has 2 aliphatic rings. The average Bonchev–Trinajstić information content (AvgIpc) is 2.93. The van der Waals surface area contributed by atoms with E-state index in [1.807, 2.05) is 44.7 Å². The molecule has 0 aliphatic carbocycles. The van der Waals surface area contributed by atoms with Crippen molar-refractivity contribution in [3.63, 3.8) is 0 Å². The van der Waals surface area contributed by atoms with Gasteiger partial charge < -0.3 is 14.4 Å². The van der Waals surface area contributed by atoms with Crippen molar-refractivity contribution in [2.75, 3.05) is 39.9 Å². The number of halogens is 1. The lowest BCUT2D eigenvalue weighted by Gasteiger charge is -2.42. The molecule has 0 saturated carbocycles. The third kappa shape index (κ3) is 6.94. The molecule has 220 valence electrons. The third-order valence-corrected chi connectivity index (χ3v) is 10.4. The number of nitrogens with zero attached hydrogens (tertiary/aromatic N) is 2. The van der Waals surface area contributed by atoms with Crippen molar-refractivity contribution in [1.29, 1.82) is 0 Å². The van der Waals surface area contributed by atoms with Crippen LogP contribution in [-0.4, -0.2) is 63.4 Å². The van der Waals surface area contributed by atoms with Crippen LogP contribution in [0.25, 0.3) is 0 Å². The predicted octanol–water partition coefficient (Wildman–Crippen LogP) is 6.21. The molecule has 0 bridgehead atoms. The first-order valence-corrected chi connectivity index (χ1v) is 16.0. The van der Waals surface area contributed by atoms with Gasteiger partial charge in [0.05, 0.1) is 18.6 Å². The summed E-state index contributed by atoms with van der Waals surface area (Å²) >= 11 is 6.21. The van der Waals surface area contributed by atoms with E-state index in [4.69, 9.17) is 21.1 Å². The number of piperidine rings is 2. The molecule has 2 aromatic carbocycles. The maximum atomic E-state index is 14.0. The highest BCUT2D eigenvalue weighted by atomic mass is 35.5. The molecule has 2 fully saturated rings. The van der Waals surface area contributed by atoms with E-state index in [-0.39, 0.29) is 35.8 Å². The first-order chi connectivity index (χ1) is 18.8. The van der Waals surface area contributed by atoms with Gasteiger partial charge in [0.1, 0.15) is 11.5 Å². The quantitative estimate of drug-likeness (QED) is 0.365. The number of carbonyl (C=O) groups is 1. The molecule has 7 nitrogen and oxygen atoms in total. The van der Waals surface area contributed by atoms with E-state index in [0.29, 0.717) is 35.9 Å². The number of likely N-dealkylation sites (tertiary alicyclic amines) is 1. The molecule has 40 heavy (non-hydrogen) atoms. The van der Waals surface area contributed by atoms with Crippen molar-refractivity contribution < 1.29 is 22.7 Å². The predicted molar refractivity (Wildman–Crippen MR) is 159 cm³/mol. The summed E-state index contributed by atoms with van der Waals surface area (Å²) < 4.78 is 41.4. The molecular formula is C31H43ClN2O5S. The van der Waals surface area contributed by atoms with Gasteiger partial charge in [0, 0.05) is 48.6 Å². The summed E-state index contributed by atoms with van der Waals surface area (Å²) in [6.07, 6.45) is 4.76. The van der Waals surface area contributed by atoms with Crippen molar-refractivity contribution >= 4 is 27.5 Å². The van der Waals surface area contributed by atoms with Crippen LogP contribution in [0.3, 0.4) is 0 Å². The molecule has 4 rings (SSSR count). The summed E-state index contributed by atoms with van der Waals surface area (Å²) in [6.45, 7) is 10.4. The van der Waals surface area contributed by atoms with Crippen LogP contribution >= 0.6 is 11.6 Å². The van der Waals surface area contributed by atoms with Crippen molar-refractivity contribution in [1.82, 2.24) is 9.21 Å². The fraction of sp³-hybridized carbons (Fsp3) is 0.581. The van der Waals surface area contributed by atoms with E-state index < -0.39 is 15.4 Å². The minimum atomic E-state index is -3.82. The van der Waals surface area contributed by atoms with E-state index in [0.717, 1.165) is 43.5 Å². The zero-order chi connectivity index (χ0) is 29.1. The lowest BCUT2D eigenvalue weighted by molar-refractivity contribution is -0.136.